The van der Waals surface area contributed by atoms with E-state index < -0.39 is 26.3 Å². The molecule has 2 aromatic rings. The molecule has 34 heavy (non-hydrogen) atoms. The number of hydrogen-bond acceptors (Lipinski definition) is 3. The maximum atomic E-state index is 13.3. The zero-order valence-corrected chi connectivity index (χ0v) is 21.1. The van der Waals surface area contributed by atoms with Crippen LogP contribution < -0.4 is 0 Å². The van der Waals surface area contributed by atoms with Gasteiger partial charge in [0.15, 0.2) is 9.84 Å². The van der Waals surface area contributed by atoms with E-state index in [-0.39, 0.29) is 22.1 Å². The maximum absolute atomic E-state index is 13.3. The highest BCUT2D eigenvalue weighted by molar-refractivity contribution is 7.92. The van der Waals surface area contributed by atoms with E-state index in [1.54, 1.807) is 18.7 Å². The molecule has 2 aromatic carbocycles. The van der Waals surface area contributed by atoms with E-state index in [0.29, 0.717) is 37.6 Å². The van der Waals surface area contributed by atoms with Crippen molar-refractivity contribution >= 4 is 15.7 Å². The van der Waals surface area contributed by atoms with Gasteiger partial charge in [0.05, 0.1) is 15.2 Å². The van der Waals surface area contributed by atoms with E-state index in [0.717, 1.165) is 17.7 Å². The van der Waals surface area contributed by atoms with Crippen LogP contribution in [-0.2, 0) is 21.4 Å². The molecule has 0 aliphatic carbocycles. The molecule has 0 aromatic heterocycles. The molecule has 186 valence electrons. The lowest BCUT2D eigenvalue weighted by molar-refractivity contribution is -0.137. The fourth-order valence-corrected chi connectivity index (χ4v) is 6.26. The average molecular weight is 496 g/mol. The molecule has 1 aliphatic rings. The molecule has 0 unspecified atom stereocenters. The van der Waals surface area contributed by atoms with Gasteiger partial charge in [-0.2, -0.15) is 13.2 Å². The van der Waals surface area contributed by atoms with Crippen molar-refractivity contribution < 1.29 is 26.4 Å². The van der Waals surface area contributed by atoms with E-state index >= 15 is 0 Å². The Hall–Kier alpha value is -2.35. The molecule has 1 heterocycles. The molecule has 0 saturated carbocycles. The number of hydrogen-bond donors (Lipinski definition) is 0. The van der Waals surface area contributed by atoms with Crippen LogP contribution in [-0.4, -0.2) is 37.1 Å². The number of alkyl halides is 3. The van der Waals surface area contributed by atoms with Crippen LogP contribution in [0.4, 0.5) is 13.2 Å². The summed E-state index contributed by atoms with van der Waals surface area (Å²) in [6.07, 6.45) is -3.71. The molecule has 0 radical (unpaired) electrons. The molecule has 8 heteroatoms. The van der Waals surface area contributed by atoms with Gasteiger partial charge in [-0.3, -0.25) is 4.79 Å². The Labute approximate surface area is 200 Å². The maximum Gasteiger partial charge on any atom is 0.416 e. The largest absolute Gasteiger partial charge is 0.416 e. The normalized spacial score (nSPS) is 16.5. The average Bonchev–Trinajstić information content (AvgIpc) is 2.77. The molecule has 0 bridgehead atoms. The lowest BCUT2D eigenvalue weighted by Gasteiger charge is -2.40. The molecule has 0 N–H and O–H groups in total. The Morgan fingerprint density at radius 2 is 1.44 bits per heavy atom. The Balaban J connectivity index is 1.73. The fraction of sp³-hybridized carbons (Fsp3) is 0.500. The quantitative estimate of drug-likeness (QED) is 0.514. The third kappa shape index (κ3) is 5.16. The standard InChI is InChI=1S/C26H32F3NO3S/c1-24(2,3)19-11-9-18(10-12-19)23(31)30-15-13-20(14-16-30)25(4,5)34(32,33)22-8-6-7-21(17-22)26(27,28)29/h6-12,17,20H,13-16H2,1-5H3. The molecule has 1 saturated heterocycles. The van der Waals surface area contributed by atoms with Crippen molar-refractivity contribution in [2.24, 2.45) is 5.92 Å². The van der Waals surface area contributed by atoms with E-state index in [2.05, 4.69) is 20.8 Å². The van der Waals surface area contributed by atoms with Gasteiger partial charge in [0.2, 0.25) is 0 Å². The number of halogens is 3. The number of amides is 1. The summed E-state index contributed by atoms with van der Waals surface area (Å²) in [5, 5.41) is 0. The van der Waals surface area contributed by atoms with Gasteiger partial charge in [0.1, 0.15) is 0 Å². The van der Waals surface area contributed by atoms with Gasteiger partial charge in [-0.25, -0.2) is 8.42 Å². The number of carbonyl (C=O) groups excluding carboxylic acids is 1. The van der Waals surface area contributed by atoms with E-state index in [1.807, 2.05) is 24.3 Å². The lowest BCUT2D eigenvalue weighted by Crippen LogP contribution is -2.47. The summed E-state index contributed by atoms with van der Waals surface area (Å²) in [4.78, 5) is 14.4. The monoisotopic (exact) mass is 495 g/mol. The van der Waals surface area contributed by atoms with Crippen LogP contribution in [0.2, 0.25) is 0 Å². The van der Waals surface area contributed by atoms with Gasteiger partial charge in [-0.15, -0.1) is 0 Å². The van der Waals surface area contributed by atoms with Crippen molar-refractivity contribution in [2.75, 3.05) is 13.1 Å². The second-order valence-corrected chi connectivity index (χ2v) is 13.1. The second-order valence-electron chi connectivity index (χ2n) is 10.5. The van der Waals surface area contributed by atoms with Crippen molar-refractivity contribution in [2.45, 2.75) is 68.7 Å². The Morgan fingerprint density at radius 1 is 0.882 bits per heavy atom. The molecule has 1 fully saturated rings. The first-order valence-electron chi connectivity index (χ1n) is 11.4. The number of sulfone groups is 1. The predicted molar refractivity (Wildman–Crippen MR) is 126 cm³/mol. The molecule has 1 amide bonds. The van der Waals surface area contributed by atoms with Crippen molar-refractivity contribution in [1.82, 2.24) is 4.90 Å². The van der Waals surface area contributed by atoms with Crippen LogP contribution in [0.25, 0.3) is 0 Å². The third-order valence-electron chi connectivity index (χ3n) is 6.93. The minimum absolute atomic E-state index is 0.0172. The van der Waals surface area contributed by atoms with Gasteiger partial charge in [-0.1, -0.05) is 39.0 Å². The molecule has 3 rings (SSSR count). The Kier molecular flexibility index (Phi) is 6.97. The van der Waals surface area contributed by atoms with E-state index in [1.165, 1.54) is 6.07 Å². The van der Waals surface area contributed by atoms with Crippen LogP contribution in [0.5, 0.6) is 0 Å². The summed E-state index contributed by atoms with van der Waals surface area (Å²) < 4.78 is 64.7. The van der Waals surface area contributed by atoms with Gasteiger partial charge in [-0.05, 0) is 73.9 Å². The molecular formula is C26H32F3NO3S. The van der Waals surface area contributed by atoms with Crippen molar-refractivity contribution in [3.8, 4) is 0 Å². The predicted octanol–water partition coefficient (Wildman–Crippen LogP) is 6.11. The first-order valence-corrected chi connectivity index (χ1v) is 12.8. The van der Waals surface area contributed by atoms with Crippen molar-refractivity contribution in [1.29, 1.82) is 0 Å². The number of likely N-dealkylation sites (tertiary alicyclic amines) is 1. The third-order valence-corrected chi connectivity index (χ3v) is 9.52. The van der Waals surface area contributed by atoms with Gasteiger partial charge >= 0.3 is 6.18 Å². The summed E-state index contributed by atoms with van der Waals surface area (Å²) in [5.41, 5.74) is 0.713. The number of nitrogens with zero attached hydrogens (tertiary/aromatic N) is 1. The van der Waals surface area contributed by atoms with E-state index in [4.69, 9.17) is 0 Å². The topological polar surface area (TPSA) is 54.5 Å². The molecular weight excluding hydrogens is 463 g/mol. The first-order chi connectivity index (χ1) is 15.5. The van der Waals surface area contributed by atoms with Crippen LogP contribution in [0.1, 0.15) is 68.9 Å². The van der Waals surface area contributed by atoms with Crippen LogP contribution >= 0.6 is 0 Å². The number of carbonyl (C=O) groups is 1. The summed E-state index contributed by atoms with van der Waals surface area (Å²) in [7, 11) is -4.03. The van der Waals surface area contributed by atoms with Gasteiger partial charge in [0.25, 0.3) is 5.91 Å². The summed E-state index contributed by atoms with van der Waals surface area (Å²) >= 11 is 0. The highest BCUT2D eigenvalue weighted by Crippen LogP contribution is 2.39. The zero-order valence-electron chi connectivity index (χ0n) is 20.2. The van der Waals surface area contributed by atoms with Crippen molar-refractivity contribution in [3.63, 3.8) is 0 Å². The van der Waals surface area contributed by atoms with Crippen LogP contribution in [0.15, 0.2) is 53.4 Å². The minimum atomic E-state index is -4.62. The summed E-state index contributed by atoms with van der Waals surface area (Å²) in [6, 6.07) is 11.4. The molecule has 1 aliphatic heterocycles. The van der Waals surface area contributed by atoms with E-state index in [9.17, 15) is 26.4 Å². The number of piperidine rings is 1. The molecule has 0 atom stereocenters. The highest BCUT2D eigenvalue weighted by atomic mass is 32.2. The number of benzene rings is 2. The SMILES string of the molecule is CC(C)(C)c1ccc(C(=O)N2CCC(C(C)(C)S(=O)(=O)c3cccc(C(F)(F)F)c3)CC2)cc1. The highest BCUT2D eigenvalue weighted by Gasteiger charge is 2.45. The minimum Gasteiger partial charge on any atom is -0.339 e. The summed E-state index contributed by atoms with van der Waals surface area (Å²) in [6.45, 7) is 10.2. The number of rotatable bonds is 4. The summed E-state index contributed by atoms with van der Waals surface area (Å²) in [5.74, 6) is -0.392. The Bertz CT molecular complexity index is 1140. The molecule has 4 nitrogen and oxygen atoms in total. The Morgan fingerprint density at radius 3 is 1.94 bits per heavy atom. The van der Waals surface area contributed by atoms with Gasteiger partial charge in [0, 0.05) is 18.7 Å². The lowest BCUT2D eigenvalue weighted by atomic mass is 9.85. The first kappa shape index (κ1) is 26.3. The van der Waals surface area contributed by atoms with Gasteiger partial charge < -0.3 is 4.90 Å². The zero-order chi connectivity index (χ0) is 25.5. The fourth-order valence-electron chi connectivity index (χ4n) is 4.44. The molecule has 0 spiro atoms. The second kappa shape index (κ2) is 9.02. The van der Waals surface area contributed by atoms with Crippen LogP contribution in [0, 0.1) is 5.92 Å². The van der Waals surface area contributed by atoms with Crippen molar-refractivity contribution in [3.05, 3.63) is 65.2 Å². The van der Waals surface area contributed by atoms with Crippen LogP contribution in [0.3, 0.4) is 0 Å². The smallest absolute Gasteiger partial charge is 0.339 e.